The minimum Gasteiger partial charge on any atom is -1.00 e. The molecule has 46 valence electrons. The van der Waals surface area contributed by atoms with Crippen molar-refractivity contribution in [1.82, 2.24) is 0 Å². The molecule has 0 radical (unpaired) electrons. The van der Waals surface area contributed by atoms with Crippen molar-refractivity contribution in [2.75, 3.05) is 0 Å². The summed E-state index contributed by atoms with van der Waals surface area (Å²) in [6.45, 7) is 4.75. The molecule has 0 unspecified atom stereocenters. The molecule has 0 aliphatic heterocycles. The van der Waals surface area contributed by atoms with Crippen LogP contribution >= 0.6 is 0 Å². The summed E-state index contributed by atoms with van der Waals surface area (Å²) in [5, 5.41) is 1.70. The van der Waals surface area contributed by atoms with Crippen LogP contribution in [0.3, 0.4) is 0 Å². The Bertz CT molecular complexity index is 141. The van der Waals surface area contributed by atoms with E-state index >= 15 is 0 Å². The summed E-state index contributed by atoms with van der Waals surface area (Å²) in [6, 6.07) is 0. The Kier molecular flexibility index (Phi) is 4.30. The first-order chi connectivity index (χ1) is 3.80. The summed E-state index contributed by atoms with van der Waals surface area (Å²) in [5.74, 6) is 0. The topological polar surface area (TPSA) is 0 Å². The van der Waals surface area contributed by atoms with E-state index in [0.29, 0.717) is 0 Å². The first-order valence-corrected chi connectivity index (χ1v) is 6.05. The molecule has 0 aromatic heterocycles. The van der Waals surface area contributed by atoms with Crippen molar-refractivity contribution in [1.29, 1.82) is 0 Å². The van der Waals surface area contributed by atoms with Gasteiger partial charge < -0.3 is 1.43 Å². The first-order valence-electron chi connectivity index (χ1n) is 3.16. The minimum absolute atomic E-state index is 0. The standard InChI is InChI=1S/C7H12Si.Li.H/c1-8(2)7-5-3-4-6-7;;/h3-5,8H,6H2,1-2H3;;/q;+1;-1. The van der Waals surface area contributed by atoms with E-state index in [0.717, 1.165) is 0 Å². The van der Waals surface area contributed by atoms with Crippen molar-refractivity contribution in [3.05, 3.63) is 23.4 Å². The van der Waals surface area contributed by atoms with Gasteiger partial charge in [-0.25, -0.2) is 0 Å². The zero-order valence-corrected chi connectivity index (χ0v) is 7.67. The van der Waals surface area contributed by atoms with E-state index in [2.05, 4.69) is 31.3 Å². The molecule has 0 spiro atoms. The minimum atomic E-state index is -0.424. The maximum Gasteiger partial charge on any atom is 1.00 e. The molecule has 0 bridgehead atoms. The molecular weight excluding hydrogens is 119 g/mol. The van der Waals surface area contributed by atoms with Crippen LogP contribution in [-0.4, -0.2) is 8.80 Å². The third-order valence-electron chi connectivity index (χ3n) is 1.54. The Hall–Kier alpha value is 0.294. The Balaban J connectivity index is 0. The zero-order chi connectivity index (χ0) is 5.98. The third-order valence-corrected chi connectivity index (χ3v) is 3.45. The monoisotopic (exact) mass is 132 g/mol. The summed E-state index contributed by atoms with van der Waals surface area (Å²) in [6.07, 6.45) is 7.92. The van der Waals surface area contributed by atoms with Crippen LogP contribution in [0.15, 0.2) is 23.4 Å². The van der Waals surface area contributed by atoms with Gasteiger partial charge in [0, 0.05) is 0 Å². The van der Waals surface area contributed by atoms with Crippen LogP contribution in [0.5, 0.6) is 0 Å². The van der Waals surface area contributed by atoms with E-state index in [1.807, 2.05) is 0 Å². The van der Waals surface area contributed by atoms with E-state index in [1.165, 1.54) is 6.42 Å². The molecule has 0 N–H and O–H groups in total. The van der Waals surface area contributed by atoms with Gasteiger partial charge in [0.1, 0.15) is 0 Å². The Morgan fingerprint density at radius 1 is 1.56 bits per heavy atom. The predicted molar refractivity (Wildman–Crippen MR) is 41.8 cm³/mol. The smallest absolute Gasteiger partial charge is 1.00 e. The summed E-state index contributed by atoms with van der Waals surface area (Å²) in [5.41, 5.74) is 0. The fourth-order valence-corrected chi connectivity index (χ4v) is 2.00. The molecule has 0 saturated heterocycles. The molecule has 0 fully saturated rings. The third kappa shape index (κ3) is 2.58. The van der Waals surface area contributed by atoms with Crippen LogP contribution in [0.1, 0.15) is 7.85 Å². The number of rotatable bonds is 1. The first kappa shape index (κ1) is 9.29. The van der Waals surface area contributed by atoms with Gasteiger partial charge in [-0.15, -0.1) is 0 Å². The van der Waals surface area contributed by atoms with Crippen LogP contribution in [0, 0.1) is 0 Å². The zero-order valence-electron chi connectivity index (χ0n) is 7.52. The number of hydrogen-bond acceptors (Lipinski definition) is 0. The molecule has 0 nitrogen and oxygen atoms in total. The van der Waals surface area contributed by atoms with Gasteiger partial charge in [-0.05, 0) is 6.42 Å². The molecule has 0 amide bonds. The van der Waals surface area contributed by atoms with Crippen molar-refractivity contribution in [3.63, 3.8) is 0 Å². The molecule has 0 heterocycles. The summed E-state index contributed by atoms with van der Waals surface area (Å²) >= 11 is 0. The van der Waals surface area contributed by atoms with Gasteiger partial charge in [0.05, 0.1) is 8.80 Å². The van der Waals surface area contributed by atoms with Crippen molar-refractivity contribution >= 4 is 8.80 Å². The fourth-order valence-electron chi connectivity index (χ4n) is 0.892. The molecule has 1 aliphatic rings. The van der Waals surface area contributed by atoms with Gasteiger partial charge in [0.25, 0.3) is 0 Å². The fraction of sp³-hybridized carbons (Fsp3) is 0.429. The molecule has 0 saturated carbocycles. The molecule has 2 heteroatoms. The van der Waals surface area contributed by atoms with Crippen LogP contribution in [-0.2, 0) is 0 Å². The van der Waals surface area contributed by atoms with Gasteiger partial charge in [-0.1, -0.05) is 36.5 Å². The van der Waals surface area contributed by atoms with E-state index in [1.54, 1.807) is 5.20 Å². The second-order valence-electron chi connectivity index (χ2n) is 2.53. The van der Waals surface area contributed by atoms with Crippen molar-refractivity contribution in [2.45, 2.75) is 19.5 Å². The van der Waals surface area contributed by atoms with Gasteiger partial charge in [-0.2, -0.15) is 0 Å². The second-order valence-corrected chi connectivity index (χ2v) is 5.58. The van der Waals surface area contributed by atoms with Gasteiger partial charge in [0.2, 0.25) is 0 Å². The van der Waals surface area contributed by atoms with E-state index < -0.39 is 8.80 Å². The van der Waals surface area contributed by atoms with Crippen molar-refractivity contribution < 1.29 is 20.3 Å². The molecule has 1 aliphatic carbocycles. The van der Waals surface area contributed by atoms with Crippen LogP contribution in [0.25, 0.3) is 0 Å². The average Bonchev–Trinajstić information content (AvgIpc) is 2.12. The van der Waals surface area contributed by atoms with Crippen LogP contribution in [0.2, 0.25) is 13.1 Å². The normalized spacial score (nSPS) is 15.7. The predicted octanol–water partition coefficient (Wildman–Crippen LogP) is -0.985. The quantitative estimate of drug-likeness (QED) is 0.402. The molecule has 0 aromatic rings. The van der Waals surface area contributed by atoms with Gasteiger partial charge >= 0.3 is 18.9 Å². The Morgan fingerprint density at radius 3 is 2.44 bits per heavy atom. The van der Waals surface area contributed by atoms with E-state index in [4.69, 9.17) is 0 Å². The number of hydrogen-bond donors (Lipinski definition) is 0. The molecule has 9 heavy (non-hydrogen) atoms. The molecule has 0 atom stereocenters. The van der Waals surface area contributed by atoms with Gasteiger partial charge in [-0.3, -0.25) is 0 Å². The Morgan fingerprint density at radius 2 is 2.22 bits per heavy atom. The van der Waals surface area contributed by atoms with Crippen molar-refractivity contribution in [3.8, 4) is 0 Å². The number of allylic oxidation sites excluding steroid dienone is 4. The summed E-state index contributed by atoms with van der Waals surface area (Å²) in [4.78, 5) is 0. The molecule has 1 rings (SSSR count). The average molecular weight is 132 g/mol. The maximum atomic E-state index is 2.37. The second kappa shape index (κ2) is 4.16. The SMILES string of the molecule is C[SiH](C)C1=CC=CC1.[H-].[Li+]. The largest absolute Gasteiger partial charge is 1.00 e. The maximum absolute atomic E-state index is 2.37. The van der Waals surface area contributed by atoms with Crippen molar-refractivity contribution in [2.24, 2.45) is 0 Å². The van der Waals surface area contributed by atoms with E-state index in [-0.39, 0.29) is 20.3 Å². The van der Waals surface area contributed by atoms with Crippen LogP contribution in [0.4, 0.5) is 0 Å². The molecular formula is C7H13LiSi. The van der Waals surface area contributed by atoms with Crippen LogP contribution < -0.4 is 18.9 Å². The molecule has 0 aromatic carbocycles. The Labute approximate surface area is 72.3 Å². The van der Waals surface area contributed by atoms with Gasteiger partial charge in [0.15, 0.2) is 0 Å². The summed E-state index contributed by atoms with van der Waals surface area (Å²) in [7, 11) is -0.424. The summed E-state index contributed by atoms with van der Waals surface area (Å²) < 4.78 is 0. The van der Waals surface area contributed by atoms with E-state index in [9.17, 15) is 0 Å².